The predicted molar refractivity (Wildman–Crippen MR) is 46.1 cm³/mol. The van der Waals surface area contributed by atoms with E-state index in [1.807, 2.05) is 0 Å². The van der Waals surface area contributed by atoms with Crippen LogP contribution in [0.2, 0.25) is 5.02 Å². The van der Waals surface area contributed by atoms with Crippen molar-refractivity contribution in [1.82, 2.24) is 0 Å². The van der Waals surface area contributed by atoms with Gasteiger partial charge in [0.1, 0.15) is 16.7 Å². The molecule has 1 aromatic carbocycles. The number of rotatable bonds is 2. The van der Waals surface area contributed by atoms with Crippen LogP contribution in [0.3, 0.4) is 0 Å². The first kappa shape index (κ1) is 12.9. The number of carbonyl (C=O) groups excluding carboxylic acids is 1. The van der Waals surface area contributed by atoms with Crippen LogP contribution in [-0.4, -0.2) is 12.0 Å². The molecule has 1 aromatic rings. The minimum Gasteiger partial charge on any atom is -0.289 e. The van der Waals surface area contributed by atoms with Crippen LogP contribution in [0, 0.1) is 11.6 Å². The Morgan fingerprint density at radius 2 is 1.81 bits per heavy atom. The number of halogens is 6. The van der Waals surface area contributed by atoms with Gasteiger partial charge < -0.3 is 0 Å². The summed E-state index contributed by atoms with van der Waals surface area (Å²) in [6.45, 7) is 0. The smallest absolute Gasteiger partial charge is 0.289 e. The third-order valence-corrected chi connectivity index (χ3v) is 2.13. The molecule has 0 atom stereocenters. The van der Waals surface area contributed by atoms with Crippen molar-refractivity contribution in [2.24, 2.45) is 0 Å². The SMILES string of the molecule is O=C(Cc1ccc(F)c(Cl)c1F)C(F)(F)F. The molecule has 0 fully saturated rings. The van der Waals surface area contributed by atoms with E-state index in [-0.39, 0.29) is 0 Å². The number of ketones is 1. The summed E-state index contributed by atoms with van der Waals surface area (Å²) in [5.41, 5.74) is -0.589. The number of Topliss-reactive ketones (excluding diaryl/α,β-unsaturated/α-hetero) is 1. The predicted octanol–water partition coefficient (Wildman–Crippen LogP) is 3.29. The van der Waals surface area contributed by atoms with Crippen LogP contribution >= 0.6 is 11.6 Å². The quantitative estimate of drug-likeness (QED) is 0.588. The van der Waals surface area contributed by atoms with E-state index in [0.29, 0.717) is 6.07 Å². The molecule has 0 saturated heterocycles. The van der Waals surface area contributed by atoms with Gasteiger partial charge >= 0.3 is 6.18 Å². The summed E-state index contributed by atoms with van der Waals surface area (Å²) in [5.74, 6) is -4.56. The molecule has 88 valence electrons. The molecule has 0 N–H and O–H groups in total. The molecular formula is C9H4ClF5O. The molecule has 0 aliphatic rings. The number of carbonyl (C=O) groups is 1. The number of hydrogen-bond donors (Lipinski definition) is 0. The van der Waals surface area contributed by atoms with Crippen molar-refractivity contribution in [3.63, 3.8) is 0 Å². The molecule has 0 amide bonds. The second-order valence-corrected chi connectivity index (χ2v) is 3.31. The Kier molecular flexibility index (Phi) is 3.52. The molecule has 0 spiro atoms. The van der Waals surface area contributed by atoms with E-state index in [4.69, 9.17) is 11.6 Å². The number of hydrogen-bond acceptors (Lipinski definition) is 1. The summed E-state index contributed by atoms with van der Waals surface area (Å²) in [5, 5.41) is -0.924. The maximum Gasteiger partial charge on any atom is 0.450 e. The minimum atomic E-state index is -5.05. The van der Waals surface area contributed by atoms with Crippen molar-refractivity contribution in [3.8, 4) is 0 Å². The van der Waals surface area contributed by atoms with Crippen molar-refractivity contribution < 1.29 is 26.7 Å². The molecule has 0 saturated carbocycles. The molecule has 0 bridgehead atoms. The minimum absolute atomic E-state index is 0.589. The van der Waals surface area contributed by atoms with E-state index < -0.39 is 40.6 Å². The van der Waals surface area contributed by atoms with E-state index in [0.717, 1.165) is 6.07 Å². The maximum absolute atomic E-state index is 13.1. The highest BCUT2D eigenvalue weighted by atomic mass is 35.5. The second-order valence-electron chi connectivity index (χ2n) is 2.93. The normalized spacial score (nSPS) is 11.6. The first-order valence-electron chi connectivity index (χ1n) is 3.96. The van der Waals surface area contributed by atoms with Crippen LogP contribution in [0.4, 0.5) is 22.0 Å². The third-order valence-electron chi connectivity index (χ3n) is 1.78. The summed E-state index contributed by atoms with van der Waals surface area (Å²) in [6.07, 6.45) is -6.25. The highest BCUT2D eigenvalue weighted by Crippen LogP contribution is 2.25. The summed E-state index contributed by atoms with van der Waals surface area (Å²) in [4.78, 5) is 10.6. The van der Waals surface area contributed by atoms with E-state index in [9.17, 15) is 26.7 Å². The summed E-state index contributed by atoms with van der Waals surface area (Å²) in [7, 11) is 0. The van der Waals surface area contributed by atoms with E-state index >= 15 is 0 Å². The monoisotopic (exact) mass is 258 g/mol. The second kappa shape index (κ2) is 4.37. The highest BCUT2D eigenvalue weighted by Gasteiger charge is 2.38. The third kappa shape index (κ3) is 2.69. The van der Waals surface area contributed by atoms with Crippen molar-refractivity contribution in [2.75, 3.05) is 0 Å². The van der Waals surface area contributed by atoms with E-state index in [1.54, 1.807) is 0 Å². The molecule has 1 rings (SSSR count). The van der Waals surface area contributed by atoms with Gasteiger partial charge in [0, 0.05) is 6.42 Å². The molecule has 1 nitrogen and oxygen atoms in total. The Labute approximate surface area is 91.8 Å². The summed E-state index contributed by atoms with van der Waals surface area (Å²) < 4.78 is 61.4. The zero-order chi connectivity index (χ0) is 12.5. The van der Waals surface area contributed by atoms with Crippen LogP contribution in [0.1, 0.15) is 5.56 Å². The van der Waals surface area contributed by atoms with Gasteiger partial charge in [-0.15, -0.1) is 0 Å². The van der Waals surface area contributed by atoms with Gasteiger partial charge in [0.15, 0.2) is 0 Å². The molecule has 7 heteroatoms. The Bertz CT molecular complexity index is 427. The Hall–Kier alpha value is -1.17. The van der Waals surface area contributed by atoms with Gasteiger partial charge in [-0.25, -0.2) is 8.78 Å². The first-order chi connectivity index (χ1) is 7.23. The van der Waals surface area contributed by atoms with Crippen LogP contribution in [-0.2, 0) is 11.2 Å². The molecule has 0 radical (unpaired) electrons. The zero-order valence-corrected chi connectivity index (χ0v) is 8.29. The molecule has 0 heterocycles. The van der Waals surface area contributed by atoms with Crippen LogP contribution in [0.25, 0.3) is 0 Å². The highest BCUT2D eigenvalue weighted by molar-refractivity contribution is 6.31. The van der Waals surface area contributed by atoms with Gasteiger partial charge in [-0.2, -0.15) is 13.2 Å². The lowest BCUT2D eigenvalue weighted by molar-refractivity contribution is -0.170. The lowest BCUT2D eigenvalue weighted by atomic mass is 10.1. The molecule has 16 heavy (non-hydrogen) atoms. The fraction of sp³-hybridized carbons (Fsp3) is 0.222. The first-order valence-corrected chi connectivity index (χ1v) is 4.33. The standard InChI is InChI=1S/C9H4ClF5O/c10-7-5(11)2-1-4(8(7)12)3-6(16)9(13,14)15/h1-2H,3H2. The van der Waals surface area contributed by atoms with E-state index in [2.05, 4.69) is 0 Å². The van der Waals surface area contributed by atoms with Crippen molar-refractivity contribution in [1.29, 1.82) is 0 Å². The fourth-order valence-electron chi connectivity index (χ4n) is 0.976. The summed E-state index contributed by atoms with van der Waals surface area (Å²) >= 11 is 5.14. The summed E-state index contributed by atoms with van der Waals surface area (Å²) in [6, 6.07) is 1.45. The van der Waals surface area contributed by atoms with Crippen molar-refractivity contribution in [2.45, 2.75) is 12.6 Å². The average Bonchev–Trinajstić information content (AvgIpc) is 2.17. The van der Waals surface area contributed by atoms with Crippen molar-refractivity contribution in [3.05, 3.63) is 34.4 Å². The van der Waals surface area contributed by atoms with Gasteiger partial charge in [-0.3, -0.25) is 4.79 Å². The molecule has 0 unspecified atom stereocenters. The average molecular weight is 259 g/mol. The Morgan fingerprint density at radius 1 is 1.25 bits per heavy atom. The molecule has 0 aliphatic carbocycles. The largest absolute Gasteiger partial charge is 0.450 e. The topological polar surface area (TPSA) is 17.1 Å². The molecule has 0 aromatic heterocycles. The lowest BCUT2D eigenvalue weighted by Gasteiger charge is -2.07. The van der Waals surface area contributed by atoms with Gasteiger partial charge in [0.2, 0.25) is 5.78 Å². The van der Waals surface area contributed by atoms with Crippen LogP contribution in [0.15, 0.2) is 12.1 Å². The van der Waals surface area contributed by atoms with Crippen LogP contribution < -0.4 is 0 Å². The fourth-order valence-corrected chi connectivity index (χ4v) is 1.16. The molecule has 0 aliphatic heterocycles. The van der Waals surface area contributed by atoms with E-state index in [1.165, 1.54) is 0 Å². The van der Waals surface area contributed by atoms with Gasteiger partial charge in [-0.1, -0.05) is 17.7 Å². The number of alkyl halides is 3. The van der Waals surface area contributed by atoms with Crippen LogP contribution in [0.5, 0.6) is 0 Å². The molecular weight excluding hydrogens is 255 g/mol. The van der Waals surface area contributed by atoms with Crippen molar-refractivity contribution >= 4 is 17.4 Å². The maximum atomic E-state index is 13.1. The lowest BCUT2D eigenvalue weighted by Crippen LogP contribution is -2.25. The Morgan fingerprint density at radius 3 is 2.31 bits per heavy atom. The van der Waals surface area contributed by atoms with Gasteiger partial charge in [0.25, 0.3) is 0 Å². The Balaban J connectivity index is 3.00. The zero-order valence-electron chi connectivity index (χ0n) is 7.54. The number of benzene rings is 1. The van der Waals surface area contributed by atoms with Gasteiger partial charge in [0.05, 0.1) is 0 Å². The van der Waals surface area contributed by atoms with Gasteiger partial charge in [-0.05, 0) is 11.6 Å².